The van der Waals surface area contributed by atoms with Gasteiger partial charge in [0.15, 0.2) is 11.5 Å². The highest BCUT2D eigenvalue weighted by molar-refractivity contribution is 5.96. The van der Waals surface area contributed by atoms with Crippen molar-refractivity contribution in [3.8, 4) is 11.5 Å². The Bertz CT molecular complexity index is 1470. The molecule has 3 aromatic carbocycles. The molecule has 1 atom stereocenters. The monoisotopic (exact) mass is 509 g/mol. The lowest BCUT2D eigenvalue weighted by atomic mass is 10.1. The Morgan fingerprint density at radius 2 is 1.89 bits per heavy atom. The van der Waals surface area contributed by atoms with Gasteiger partial charge in [-0.15, -0.1) is 6.58 Å². The van der Waals surface area contributed by atoms with Gasteiger partial charge in [0.1, 0.15) is 5.82 Å². The number of allylic oxidation sites excluding steroid dienone is 1. The molecule has 1 saturated heterocycles. The Labute approximate surface area is 224 Å². The fraction of sp³-hybridized carbons (Fsp3) is 0.312. The van der Waals surface area contributed by atoms with Gasteiger partial charge in [0.25, 0.3) is 0 Å². The van der Waals surface area contributed by atoms with E-state index >= 15 is 0 Å². The number of imidazole rings is 1. The number of ether oxygens (including phenoxy) is 2. The van der Waals surface area contributed by atoms with Gasteiger partial charge in [-0.1, -0.05) is 30.3 Å². The van der Waals surface area contributed by atoms with E-state index < -0.39 is 0 Å². The van der Waals surface area contributed by atoms with E-state index in [1.54, 1.807) is 7.11 Å². The highest BCUT2D eigenvalue weighted by Crippen LogP contribution is 2.34. The third kappa shape index (κ3) is 5.17. The number of para-hydroxylation sites is 2. The molecule has 0 bridgehead atoms. The molecule has 4 aromatic rings. The molecule has 1 aromatic heterocycles. The fourth-order valence-electron chi connectivity index (χ4n) is 5.19. The van der Waals surface area contributed by atoms with Crippen LogP contribution in [-0.4, -0.2) is 35.7 Å². The summed E-state index contributed by atoms with van der Waals surface area (Å²) in [7, 11) is 1.66. The minimum absolute atomic E-state index is 0.0370. The first-order valence-corrected chi connectivity index (χ1v) is 13.2. The Morgan fingerprint density at radius 1 is 1.05 bits per heavy atom. The summed E-state index contributed by atoms with van der Waals surface area (Å²) in [6.45, 7) is 9.91. The number of hydrogen-bond donors (Lipinski definition) is 0. The summed E-state index contributed by atoms with van der Waals surface area (Å²) in [5.41, 5.74) is 6.57. The van der Waals surface area contributed by atoms with E-state index in [1.165, 1.54) is 11.1 Å². The van der Waals surface area contributed by atoms with E-state index in [9.17, 15) is 4.79 Å². The van der Waals surface area contributed by atoms with Gasteiger partial charge >= 0.3 is 0 Å². The molecule has 2 heterocycles. The average molecular weight is 510 g/mol. The summed E-state index contributed by atoms with van der Waals surface area (Å²) in [5.74, 6) is 2.62. The number of amides is 1. The van der Waals surface area contributed by atoms with Crippen LogP contribution >= 0.6 is 0 Å². The van der Waals surface area contributed by atoms with Crippen LogP contribution in [0, 0.1) is 13.8 Å². The summed E-state index contributed by atoms with van der Waals surface area (Å²) in [4.78, 5) is 20.0. The van der Waals surface area contributed by atoms with Crippen molar-refractivity contribution in [2.45, 2.75) is 45.6 Å². The van der Waals surface area contributed by atoms with Crippen molar-refractivity contribution in [2.75, 3.05) is 25.2 Å². The molecular formula is C32H35N3O3. The summed E-state index contributed by atoms with van der Waals surface area (Å²) >= 11 is 0. The quantitative estimate of drug-likeness (QED) is 0.184. The Balaban J connectivity index is 1.32. The molecule has 0 radical (unpaired) electrons. The van der Waals surface area contributed by atoms with Crippen molar-refractivity contribution in [3.05, 3.63) is 95.8 Å². The van der Waals surface area contributed by atoms with Gasteiger partial charge < -0.3 is 18.9 Å². The van der Waals surface area contributed by atoms with Crippen LogP contribution in [-0.2, 0) is 17.8 Å². The maximum atomic E-state index is 13.1. The largest absolute Gasteiger partial charge is 0.493 e. The molecule has 6 nitrogen and oxygen atoms in total. The Hall–Kier alpha value is -4.06. The average Bonchev–Trinajstić information content (AvgIpc) is 3.49. The van der Waals surface area contributed by atoms with Crippen LogP contribution < -0.4 is 14.4 Å². The first-order chi connectivity index (χ1) is 18.5. The van der Waals surface area contributed by atoms with Gasteiger partial charge in [-0.05, 0) is 79.8 Å². The Kier molecular flexibility index (Phi) is 7.50. The van der Waals surface area contributed by atoms with E-state index in [0.29, 0.717) is 19.6 Å². The molecule has 0 saturated carbocycles. The lowest BCUT2D eigenvalue weighted by Gasteiger charge is -2.18. The van der Waals surface area contributed by atoms with Crippen LogP contribution in [0.4, 0.5) is 5.69 Å². The number of anilines is 1. The number of carbonyl (C=O) groups is 1. The van der Waals surface area contributed by atoms with E-state index in [-0.39, 0.29) is 11.8 Å². The van der Waals surface area contributed by atoms with Crippen LogP contribution in [0.5, 0.6) is 11.5 Å². The van der Waals surface area contributed by atoms with Gasteiger partial charge in [0.05, 0.1) is 24.8 Å². The zero-order valence-corrected chi connectivity index (χ0v) is 22.4. The number of methoxy groups -OCH3 is 1. The first kappa shape index (κ1) is 25.6. The number of nitrogens with zero attached hydrogens (tertiary/aromatic N) is 3. The van der Waals surface area contributed by atoms with Gasteiger partial charge in [-0.3, -0.25) is 4.79 Å². The maximum Gasteiger partial charge on any atom is 0.227 e. The highest BCUT2D eigenvalue weighted by atomic mass is 16.5. The zero-order valence-electron chi connectivity index (χ0n) is 22.4. The number of fused-ring (bicyclic) bond motifs is 1. The lowest BCUT2D eigenvalue weighted by Crippen LogP contribution is -2.24. The third-order valence-corrected chi connectivity index (χ3v) is 7.37. The fourth-order valence-corrected chi connectivity index (χ4v) is 5.19. The predicted octanol–water partition coefficient (Wildman–Crippen LogP) is 6.38. The van der Waals surface area contributed by atoms with Gasteiger partial charge in [0.2, 0.25) is 5.91 Å². The second kappa shape index (κ2) is 11.1. The van der Waals surface area contributed by atoms with Crippen LogP contribution in [0.1, 0.15) is 41.3 Å². The summed E-state index contributed by atoms with van der Waals surface area (Å²) in [5, 5.41) is 0. The SMILES string of the molecule is C=CCc1ccc(OCCCn2c(C3CC(=O)N(c4ccc(C)c(C)c4)C3)nc3ccccc32)c(OC)c1. The number of rotatable bonds is 10. The summed E-state index contributed by atoms with van der Waals surface area (Å²) < 4.78 is 13.9. The number of hydrogen-bond acceptors (Lipinski definition) is 4. The topological polar surface area (TPSA) is 56.6 Å². The van der Waals surface area contributed by atoms with E-state index in [1.807, 2.05) is 53.4 Å². The Morgan fingerprint density at radius 3 is 2.68 bits per heavy atom. The minimum Gasteiger partial charge on any atom is -0.493 e. The molecule has 1 unspecified atom stereocenters. The maximum absolute atomic E-state index is 13.1. The first-order valence-electron chi connectivity index (χ1n) is 13.2. The molecule has 6 heteroatoms. The van der Waals surface area contributed by atoms with Crippen LogP contribution in [0.15, 0.2) is 73.3 Å². The van der Waals surface area contributed by atoms with Gasteiger partial charge in [0, 0.05) is 31.1 Å². The molecule has 1 aliphatic rings. The standard InChI is InChI=1S/C32H35N3O3/c1-5-9-24-13-15-29(30(19-24)37-4)38-17-8-16-34-28-11-7-6-10-27(28)33-32(34)25-20-31(36)35(21-25)26-14-12-22(2)23(3)18-26/h5-7,10-15,18-19,25H,1,8-9,16-17,20-21H2,2-4H3. The molecule has 1 amide bonds. The van der Waals surface area contributed by atoms with Crippen molar-refractivity contribution in [2.24, 2.45) is 0 Å². The normalized spacial score (nSPS) is 15.3. The zero-order chi connectivity index (χ0) is 26.6. The molecule has 0 spiro atoms. The number of aromatic nitrogens is 2. The second-order valence-electron chi connectivity index (χ2n) is 9.96. The van der Waals surface area contributed by atoms with Crippen molar-refractivity contribution in [1.29, 1.82) is 0 Å². The van der Waals surface area contributed by atoms with Crippen molar-refractivity contribution >= 4 is 22.6 Å². The van der Waals surface area contributed by atoms with Crippen LogP contribution in [0.3, 0.4) is 0 Å². The second-order valence-corrected chi connectivity index (χ2v) is 9.96. The van der Waals surface area contributed by atoms with E-state index in [2.05, 4.69) is 43.2 Å². The van der Waals surface area contributed by atoms with E-state index in [0.717, 1.165) is 59.0 Å². The minimum atomic E-state index is 0.0370. The summed E-state index contributed by atoms with van der Waals surface area (Å²) in [6, 6.07) is 20.4. The van der Waals surface area contributed by atoms with E-state index in [4.69, 9.17) is 14.5 Å². The molecule has 0 aliphatic carbocycles. The lowest BCUT2D eigenvalue weighted by molar-refractivity contribution is -0.117. The van der Waals surface area contributed by atoms with Gasteiger partial charge in [-0.2, -0.15) is 0 Å². The molecule has 5 rings (SSSR count). The molecule has 0 N–H and O–H groups in total. The number of aryl methyl sites for hydroxylation is 3. The molecular weight excluding hydrogens is 474 g/mol. The molecule has 1 fully saturated rings. The highest BCUT2D eigenvalue weighted by Gasteiger charge is 2.35. The molecule has 1 aliphatic heterocycles. The van der Waals surface area contributed by atoms with Gasteiger partial charge in [-0.25, -0.2) is 4.98 Å². The predicted molar refractivity (Wildman–Crippen MR) is 152 cm³/mol. The number of benzene rings is 3. The van der Waals surface area contributed by atoms with Crippen molar-refractivity contribution < 1.29 is 14.3 Å². The molecule has 196 valence electrons. The smallest absolute Gasteiger partial charge is 0.227 e. The number of carbonyl (C=O) groups excluding carboxylic acids is 1. The third-order valence-electron chi connectivity index (χ3n) is 7.37. The summed E-state index contributed by atoms with van der Waals surface area (Å²) in [6.07, 6.45) is 3.92. The van der Waals surface area contributed by atoms with Crippen LogP contribution in [0.2, 0.25) is 0 Å². The van der Waals surface area contributed by atoms with Crippen LogP contribution in [0.25, 0.3) is 11.0 Å². The van der Waals surface area contributed by atoms with Crippen molar-refractivity contribution in [1.82, 2.24) is 9.55 Å². The van der Waals surface area contributed by atoms with Crippen molar-refractivity contribution in [3.63, 3.8) is 0 Å². The molecule has 38 heavy (non-hydrogen) atoms.